The van der Waals surface area contributed by atoms with Crippen molar-refractivity contribution < 1.29 is 0 Å². The van der Waals surface area contributed by atoms with E-state index in [9.17, 15) is 0 Å². The molecule has 0 spiro atoms. The molecule has 0 fully saturated rings. The van der Waals surface area contributed by atoms with E-state index in [-0.39, 0.29) is 0 Å². The lowest BCUT2D eigenvalue weighted by molar-refractivity contribution is 1.44. The summed E-state index contributed by atoms with van der Waals surface area (Å²) in [4.78, 5) is 0. The van der Waals surface area contributed by atoms with E-state index in [4.69, 9.17) is 11.5 Å². The van der Waals surface area contributed by atoms with Gasteiger partial charge in [-0.05, 0) is 36.6 Å². The van der Waals surface area contributed by atoms with E-state index in [0.717, 1.165) is 33.6 Å². The van der Waals surface area contributed by atoms with Crippen LogP contribution in [-0.2, 0) is 0 Å². The molecule has 0 heterocycles. The SMILES string of the molecule is Cc1ccc(-c2cccc(C)c2N)cc1N. The van der Waals surface area contributed by atoms with E-state index in [2.05, 4.69) is 6.07 Å². The Balaban J connectivity index is 2.59. The van der Waals surface area contributed by atoms with Crippen molar-refractivity contribution in [3.05, 3.63) is 47.5 Å². The van der Waals surface area contributed by atoms with Crippen molar-refractivity contribution in [1.29, 1.82) is 0 Å². The molecule has 2 aromatic carbocycles. The summed E-state index contributed by atoms with van der Waals surface area (Å²) in [5, 5.41) is 0. The van der Waals surface area contributed by atoms with Gasteiger partial charge in [0, 0.05) is 16.9 Å². The molecule has 0 aliphatic carbocycles. The highest BCUT2D eigenvalue weighted by Crippen LogP contribution is 2.30. The third kappa shape index (κ3) is 1.74. The van der Waals surface area contributed by atoms with Crippen LogP contribution >= 0.6 is 0 Å². The maximum Gasteiger partial charge on any atom is 0.0423 e. The summed E-state index contributed by atoms with van der Waals surface area (Å²) in [6, 6.07) is 12.1. The van der Waals surface area contributed by atoms with Crippen LogP contribution in [0.3, 0.4) is 0 Å². The third-order valence-corrected chi connectivity index (χ3v) is 2.91. The molecule has 2 nitrogen and oxygen atoms in total. The van der Waals surface area contributed by atoms with Gasteiger partial charge in [-0.3, -0.25) is 0 Å². The van der Waals surface area contributed by atoms with Gasteiger partial charge in [-0.1, -0.05) is 30.3 Å². The van der Waals surface area contributed by atoms with Crippen LogP contribution in [0.2, 0.25) is 0 Å². The average molecular weight is 212 g/mol. The first kappa shape index (κ1) is 10.6. The van der Waals surface area contributed by atoms with Crippen molar-refractivity contribution >= 4 is 11.4 Å². The van der Waals surface area contributed by atoms with Crippen molar-refractivity contribution in [2.75, 3.05) is 11.5 Å². The standard InChI is InChI=1S/C14H16N2/c1-9-6-7-11(8-13(9)15)12-5-3-4-10(2)14(12)16/h3-8H,15-16H2,1-2H3. The minimum absolute atomic E-state index is 0.804. The van der Waals surface area contributed by atoms with E-state index in [1.165, 1.54) is 0 Å². The van der Waals surface area contributed by atoms with Gasteiger partial charge in [0.15, 0.2) is 0 Å². The van der Waals surface area contributed by atoms with E-state index in [0.29, 0.717) is 0 Å². The van der Waals surface area contributed by atoms with Gasteiger partial charge in [0.05, 0.1) is 0 Å². The zero-order valence-electron chi connectivity index (χ0n) is 9.62. The number of nitrogen functional groups attached to an aromatic ring is 2. The van der Waals surface area contributed by atoms with Crippen molar-refractivity contribution in [3.63, 3.8) is 0 Å². The van der Waals surface area contributed by atoms with E-state index in [1.807, 2.05) is 44.2 Å². The van der Waals surface area contributed by atoms with Gasteiger partial charge in [0.2, 0.25) is 0 Å². The van der Waals surface area contributed by atoms with Gasteiger partial charge in [0.25, 0.3) is 0 Å². The smallest absolute Gasteiger partial charge is 0.0423 e. The number of benzene rings is 2. The van der Waals surface area contributed by atoms with Crippen LogP contribution in [0.25, 0.3) is 11.1 Å². The Bertz CT molecular complexity index is 530. The molecular formula is C14H16N2. The van der Waals surface area contributed by atoms with E-state index in [1.54, 1.807) is 0 Å². The molecule has 2 rings (SSSR count). The minimum atomic E-state index is 0.804. The second-order valence-corrected chi connectivity index (χ2v) is 4.11. The van der Waals surface area contributed by atoms with Gasteiger partial charge in [-0.15, -0.1) is 0 Å². The van der Waals surface area contributed by atoms with Crippen LogP contribution in [0.5, 0.6) is 0 Å². The maximum atomic E-state index is 6.06. The molecule has 16 heavy (non-hydrogen) atoms. The second kappa shape index (κ2) is 3.89. The highest BCUT2D eigenvalue weighted by atomic mass is 14.6. The van der Waals surface area contributed by atoms with Gasteiger partial charge in [0.1, 0.15) is 0 Å². The lowest BCUT2D eigenvalue weighted by Gasteiger charge is -2.10. The molecule has 0 aliphatic heterocycles. The fourth-order valence-electron chi connectivity index (χ4n) is 1.74. The Labute approximate surface area is 95.9 Å². The lowest BCUT2D eigenvalue weighted by atomic mass is 9.99. The first-order valence-electron chi connectivity index (χ1n) is 5.31. The second-order valence-electron chi connectivity index (χ2n) is 4.11. The number of hydrogen-bond donors (Lipinski definition) is 2. The minimum Gasteiger partial charge on any atom is -0.398 e. The number of rotatable bonds is 1. The summed E-state index contributed by atoms with van der Waals surface area (Å²) in [6.45, 7) is 4.01. The Morgan fingerprint density at radius 3 is 2.31 bits per heavy atom. The zero-order valence-corrected chi connectivity index (χ0v) is 9.62. The average Bonchev–Trinajstić information content (AvgIpc) is 2.26. The first-order chi connectivity index (χ1) is 7.59. The van der Waals surface area contributed by atoms with Gasteiger partial charge >= 0.3 is 0 Å². The summed E-state index contributed by atoms with van der Waals surface area (Å²) in [5.41, 5.74) is 17.9. The molecule has 0 radical (unpaired) electrons. The summed E-state index contributed by atoms with van der Waals surface area (Å²) < 4.78 is 0. The van der Waals surface area contributed by atoms with Crippen molar-refractivity contribution in [2.24, 2.45) is 0 Å². The van der Waals surface area contributed by atoms with E-state index < -0.39 is 0 Å². The normalized spacial score (nSPS) is 10.4. The van der Waals surface area contributed by atoms with Crippen molar-refractivity contribution in [3.8, 4) is 11.1 Å². The molecule has 0 saturated heterocycles. The number of anilines is 2. The first-order valence-corrected chi connectivity index (χ1v) is 5.31. The zero-order chi connectivity index (χ0) is 11.7. The lowest BCUT2D eigenvalue weighted by Crippen LogP contribution is -1.95. The summed E-state index contributed by atoms with van der Waals surface area (Å²) in [7, 11) is 0. The number of para-hydroxylation sites is 1. The van der Waals surface area contributed by atoms with Gasteiger partial charge in [-0.25, -0.2) is 0 Å². The third-order valence-electron chi connectivity index (χ3n) is 2.91. The summed E-state index contributed by atoms with van der Waals surface area (Å²) in [5.74, 6) is 0. The van der Waals surface area contributed by atoms with Crippen LogP contribution in [-0.4, -0.2) is 0 Å². The largest absolute Gasteiger partial charge is 0.398 e. The molecule has 82 valence electrons. The Morgan fingerprint density at radius 1 is 0.875 bits per heavy atom. The predicted molar refractivity (Wildman–Crippen MR) is 70.2 cm³/mol. The molecule has 0 amide bonds. The monoisotopic (exact) mass is 212 g/mol. The summed E-state index contributed by atoms with van der Waals surface area (Å²) >= 11 is 0. The molecule has 0 aromatic heterocycles. The molecule has 0 aliphatic rings. The van der Waals surface area contributed by atoms with Crippen LogP contribution < -0.4 is 11.5 Å². The van der Waals surface area contributed by atoms with Crippen LogP contribution in [0.15, 0.2) is 36.4 Å². The number of aryl methyl sites for hydroxylation is 2. The number of nitrogens with two attached hydrogens (primary N) is 2. The van der Waals surface area contributed by atoms with Crippen LogP contribution in [0.4, 0.5) is 11.4 Å². The highest BCUT2D eigenvalue weighted by Gasteiger charge is 2.05. The Morgan fingerprint density at radius 2 is 1.62 bits per heavy atom. The van der Waals surface area contributed by atoms with Gasteiger partial charge in [-0.2, -0.15) is 0 Å². The van der Waals surface area contributed by atoms with Crippen LogP contribution in [0.1, 0.15) is 11.1 Å². The Hall–Kier alpha value is -1.96. The van der Waals surface area contributed by atoms with Crippen LogP contribution in [0, 0.1) is 13.8 Å². The Kier molecular flexibility index (Phi) is 2.57. The highest BCUT2D eigenvalue weighted by molar-refractivity contribution is 5.80. The van der Waals surface area contributed by atoms with E-state index >= 15 is 0 Å². The fourth-order valence-corrected chi connectivity index (χ4v) is 1.74. The van der Waals surface area contributed by atoms with Crippen molar-refractivity contribution in [1.82, 2.24) is 0 Å². The molecule has 0 atom stereocenters. The molecule has 2 aromatic rings. The molecule has 4 N–H and O–H groups in total. The van der Waals surface area contributed by atoms with Gasteiger partial charge < -0.3 is 11.5 Å². The van der Waals surface area contributed by atoms with Crippen molar-refractivity contribution in [2.45, 2.75) is 13.8 Å². The summed E-state index contributed by atoms with van der Waals surface area (Å²) in [6.07, 6.45) is 0. The molecule has 0 bridgehead atoms. The predicted octanol–water partition coefficient (Wildman–Crippen LogP) is 3.13. The number of hydrogen-bond acceptors (Lipinski definition) is 2. The quantitative estimate of drug-likeness (QED) is 0.713. The molecular weight excluding hydrogens is 196 g/mol. The molecule has 0 unspecified atom stereocenters. The topological polar surface area (TPSA) is 52.0 Å². The molecule has 2 heteroatoms. The molecule has 0 saturated carbocycles. The maximum absolute atomic E-state index is 6.06. The fraction of sp³-hybridized carbons (Fsp3) is 0.143.